The Bertz CT molecular complexity index is 1460. The number of amides is 1. The first-order chi connectivity index (χ1) is 16.3. The fourth-order valence-corrected chi connectivity index (χ4v) is 3.85. The summed E-state index contributed by atoms with van der Waals surface area (Å²) in [7, 11) is 2.97. The number of methoxy groups -OCH3 is 1. The van der Waals surface area contributed by atoms with Crippen molar-refractivity contribution in [2.75, 3.05) is 7.11 Å². The van der Waals surface area contributed by atoms with Crippen molar-refractivity contribution in [3.63, 3.8) is 0 Å². The molecule has 174 valence electrons. The number of fused-ring (bicyclic) bond motifs is 1. The lowest BCUT2D eigenvalue weighted by Crippen LogP contribution is -2.34. The smallest absolute Gasteiger partial charge is 0.325 e. The van der Waals surface area contributed by atoms with Gasteiger partial charge in [0.15, 0.2) is 0 Å². The van der Waals surface area contributed by atoms with E-state index in [2.05, 4.69) is 15.4 Å². The van der Waals surface area contributed by atoms with Crippen LogP contribution >= 0.6 is 23.2 Å². The molecule has 0 bridgehead atoms. The van der Waals surface area contributed by atoms with E-state index < -0.39 is 24.0 Å². The number of aryl methyl sites for hydroxylation is 1. The molecule has 4 rings (SSSR count). The Morgan fingerprint density at radius 1 is 1.15 bits per heavy atom. The Balaban J connectivity index is 1.81. The minimum Gasteiger partial charge on any atom is -0.468 e. The first kappa shape index (κ1) is 23.5. The van der Waals surface area contributed by atoms with Crippen molar-refractivity contribution in [1.29, 1.82) is 0 Å². The Morgan fingerprint density at radius 2 is 1.88 bits per heavy atom. The number of hydrogen-bond donors (Lipinski definition) is 1. The van der Waals surface area contributed by atoms with Crippen LogP contribution in [0, 0.1) is 0 Å². The average molecular weight is 500 g/mol. The minimum atomic E-state index is -0.691. The maximum Gasteiger partial charge on any atom is 0.325 e. The molecule has 9 nitrogen and oxygen atoms in total. The zero-order valence-corrected chi connectivity index (χ0v) is 19.7. The second kappa shape index (κ2) is 9.66. The molecule has 0 atom stereocenters. The summed E-state index contributed by atoms with van der Waals surface area (Å²) in [5, 5.41) is 8.03. The van der Waals surface area contributed by atoms with Gasteiger partial charge in [-0.25, -0.2) is 4.98 Å². The van der Waals surface area contributed by atoms with Crippen LogP contribution in [0.2, 0.25) is 10.0 Å². The van der Waals surface area contributed by atoms with Crippen LogP contribution in [0.3, 0.4) is 0 Å². The van der Waals surface area contributed by atoms with Gasteiger partial charge in [-0.3, -0.25) is 23.6 Å². The van der Waals surface area contributed by atoms with Crippen LogP contribution in [-0.4, -0.2) is 38.3 Å². The molecule has 1 amide bonds. The normalized spacial score (nSPS) is 10.9. The van der Waals surface area contributed by atoms with Crippen molar-refractivity contribution in [2.45, 2.75) is 13.1 Å². The van der Waals surface area contributed by atoms with E-state index in [9.17, 15) is 14.4 Å². The molecule has 0 saturated heterocycles. The van der Waals surface area contributed by atoms with Crippen molar-refractivity contribution in [3.05, 3.63) is 80.4 Å². The lowest BCUT2D eigenvalue weighted by molar-refractivity contribution is -0.141. The molecule has 0 spiro atoms. The van der Waals surface area contributed by atoms with Crippen LogP contribution in [0.4, 0.5) is 0 Å². The zero-order valence-electron chi connectivity index (χ0n) is 18.2. The maximum atomic E-state index is 13.2. The van der Waals surface area contributed by atoms with E-state index in [1.54, 1.807) is 48.4 Å². The quantitative estimate of drug-likeness (QED) is 0.408. The van der Waals surface area contributed by atoms with Gasteiger partial charge in [0.25, 0.3) is 11.5 Å². The van der Waals surface area contributed by atoms with Crippen molar-refractivity contribution < 1.29 is 14.3 Å². The summed E-state index contributed by atoms with van der Waals surface area (Å²) in [4.78, 5) is 42.5. The molecule has 11 heteroatoms. The molecular formula is C23H19Cl2N5O4. The Morgan fingerprint density at radius 3 is 2.53 bits per heavy atom. The van der Waals surface area contributed by atoms with Gasteiger partial charge >= 0.3 is 5.97 Å². The summed E-state index contributed by atoms with van der Waals surface area (Å²) >= 11 is 12.6. The number of halogens is 2. The predicted octanol–water partition coefficient (Wildman–Crippen LogP) is 3.21. The Kier molecular flexibility index (Phi) is 6.67. The third-order valence-electron chi connectivity index (χ3n) is 5.19. The number of nitrogens with zero attached hydrogens (tertiary/aromatic N) is 4. The van der Waals surface area contributed by atoms with E-state index in [0.29, 0.717) is 21.5 Å². The highest BCUT2D eigenvalue weighted by Gasteiger charge is 2.21. The third kappa shape index (κ3) is 4.66. The van der Waals surface area contributed by atoms with Gasteiger partial charge in [0, 0.05) is 47.5 Å². The summed E-state index contributed by atoms with van der Waals surface area (Å²) in [5.74, 6) is -1.29. The van der Waals surface area contributed by atoms with Crippen LogP contribution < -0.4 is 10.9 Å². The molecule has 1 aromatic carbocycles. The summed E-state index contributed by atoms with van der Waals surface area (Å²) in [5.41, 5.74) is 1.36. The van der Waals surface area contributed by atoms with Crippen LogP contribution in [0.1, 0.15) is 15.9 Å². The number of hydrogen-bond acceptors (Lipinski definition) is 6. The topological polar surface area (TPSA) is 108 Å². The molecule has 0 radical (unpaired) electrons. The fraction of sp³-hybridized carbons (Fsp3) is 0.174. The molecule has 3 aromatic heterocycles. The zero-order chi connectivity index (χ0) is 24.4. The van der Waals surface area contributed by atoms with Crippen molar-refractivity contribution in [2.24, 2.45) is 7.05 Å². The highest BCUT2D eigenvalue weighted by Crippen LogP contribution is 2.32. The second-order valence-electron chi connectivity index (χ2n) is 7.46. The summed E-state index contributed by atoms with van der Waals surface area (Å²) in [6.07, 6.45) is 4.88. The Hall–Kier alpha value is -3.69. The van der Waals surface area contributed by atoms with Crippen LogP contribution in [0.25, 0.3) is 22.2 Å². The van der Waals surface area contributed by atoms with Gasteiger partial charge in [-0.2, -0.15) is 5.10 Å². The van der Waals surface area contributed by atoms with Gasteiger partial charge in [-0.05, 0) is 23.8 Å². The predicted molar refractivity (Wildman–Crippen MR) is 128 cm³/mol. The fourth-order valence-electron chi connectivity index (χ4n) is 3.43. The third-order valence-corrected chi connectivity index (χ3v) is 5.85. The summed E-state index contributed by atoms with van der Waals surface area (Å²) in [6.45, 7) is -0.258. The van der Waals surface area contributed by atoms with E-state index in [1.807, 2.05) is 0 Å². The van der Waals surface area contributed by atoms with Gasteiger partial charge in [0.05, 0.1) is 18.3 Å². The monoisotopic (exact) mass is 499 g/mol. The van der Waals surface area contributed by atoms with Gasteiger partial charge in [0.1, 0.15) is 17.8 Å². The number of carbonyl (C=O) groups excluding carboxylic acids is 2. The Labute approximate surface area is 203 Å². The number of nitrogens with one attached hydrogen (secondary N) is 1. The number of esters is 1. The molecule has 0 aliphatic heterocycles. The average Bonchev–Trinajstić information content (AvgIpc) is 3.26. The molecular weight excluding hydrogens is 481 g/mol. The highest BCUT2D eigenvalue weighted by atomic mass is 35.5. The van der Waals surface area contributed by atoms with Crippen molar-refractivity contribution in [1.82, 2.24) is 24.6 Å². The van der Waals surface area contributed by atoms with E-state index in [0.717, 1.165) is 10.1 Å². The van der Waals surface area contributed by atoms with Crippen LogP contribution in [-0.2, 0) is 29.7 Å². The molecule has 4 aromatic rings. The number of carbonyl (C=O) groups is 2. The highest BCUT2D eigenvalue weighted by molar-refractivity contribution is 6.38. The lowest BCUT2D eigenvalue weighted by atomic mass is 10.1. The number of benzene rings is 1. The number of aromatic nitrogens is 4. The number of pyridine rings is 2. The second-order valence-corrected chi connectivity index (χ2v) is 8.27. The molecule has 0 fully saturated rings. The van der Waals surface area contributed by atoms with E-state index in [-0.39, 0.29) is 22.8 Å². The molecule has 3 heterocycles. The van der Waals surface area contributed by atoms with E-state index >= 15 is 0 Å². The van der Waals surface area contributed by atoms with Crippen LogP contribution in [0.15, 0.2) is 53.7 Å². The van der Waals surface area contributed by atoms with Crippen LogP contribution in [0.5, 0.6) is 0 Å². The molecule has 0 unspecified atom stereocenters. The number of rotatable bonds is 6. The minimum absolute atomic E-state index is 0.155. The molecule has 0 saturated carbocycles. The van der Waals surface area contributed by atoms with Gasteiger partial charge in [-0.1, -0.05) is 35.3 Å². The molecule has 0 aliphatic carbocycles. The molecule has 0 aliphatic rings. The number of ether oxygens (including phenoxy) is 1. The standard InChI is InChI=1S/C23H19Cl2N5O4/c1-29-11-14(9-28-29)18-10-26-21-16(20(18)25)7-17(23(33)30(21)12-19(31)34-2)22(32)27-8-13-3-5-15(24)6-4-13/h3-7,9-11H,8,12H2,1-2H3,(H,27,32). The molecule has 1 N–H and O–H groups in total. The molecule has 34 heavy (non-hydrogen) atoms. The largest absolute Gasteiger partial charge is 0.468 e. The maximum absolute atomic E-state index is 13.2. The van der Waals surface area contributed by atoms with E-state index in [1.165, 1.54) is 19.4 Å². The van der Waals surface area contributed by atoms with Crippen molar-refractivity contribution >= 4 is 46.1 Å². The van der Waals surface area contributed by atoms with E-state index in [4.69, 9.17) is 27.9 Å². The SMILES string of the molecule is COC(=O)Cn1c(=O)c(C(=O)NCc2ccc(Cl)cc2)cc2c(Cl)c(-c3cnn(C)c3)cnc21. The van der Waals surface area contributed by atoms with Gasteiger partial charge < -0.3 is 10.1 Å². The first-order valence-corrected chi connectivity index (χ1v) is 10.8. The summed E-state index contributed by atoms with van der Waals surface area (Å²) < 4.78 is 7.41. The van der Waals surface area contributed by atoms with Crippen molar-refractivity contribution in [3.8, 4) is 11.1 Å². The first-order valence-electron chi connectivity index (χ1n) is 10.1. The lowest BCUT2D eigenvalue weighted by Gasteiger charge is -2.14. The summed E-state index contributed by atoms with van der Waals surface area (Å²) in [6, 6.07) is 8.32. The van der Waals surface area contributed by atoms with Gasteiger partial charge in [0.2, 0.25) is 0 Å². The van der Waals surface area contributed by atoms with Gasteiger partial charge in [-0.15, -0.1) is 0 Å².